The minimum Gasteiger partial charge on any atom is -0.461 e. The molecular formula is C24H36N6O4. The fourth-order valence-corrected chi connectivity index (χ4v) is 3.14. The Labute approximate surface area is 200 Å². The number of imidazole rings is 2. The molecule has 0 atom stereocenters. The van der Waals surface area contributed by atoms with Gasteiger partial charge in [0.05, 0.1) is 13.2 Å². The van der Waals surface area contributed by atoms with Gasteiger partial charge in [-0.15, -0.1) is 0 Å². The zero-order valence-corrected chi connectivity index (χ0v) is 20.5. The molecule has 0 aromatic carbocycles. The summed E-state index contributed by atoms with van der Waals surface area (Å²) in [7, 11) is 0. The Morgan fingerprint density at radius 2 is 1.35 bits per heavy atom. The highest BCUT2D eigenvalue weighted by atomic mass is 16.5. The first-order valence-corrected chi connectivity index (χ1v) is 11.9. The fourth-order valence-electron chi connectivity index (χ4n) is 3.14. The second-order valence-electron chi connectivity index (χ2n) is 7.56. The molecule has 0 aliphatic rings. The molecule has 0 unspecified atom stereocenters. The Morgan fingerprint density at radius 3 is 1.88 bits per heavy atom. The average Bonchev–Trinajstić information content (AvgIpc) is 3.56. The van der Waals surface area contributed by atoms with E-state index in [2.05, 4.69) is 33.8 Å². The number of aromatic amines is 2. The van der Waals surface area contributed by atoms with Crippen molar-refractivity contribution in [3.05, 3.63) is 47.6 Å². The Kier molecular flexibility index (Phi) is 10.9. The highest BCUT2D eigenvalue weighted by Gasteiger charge is 2.19. The van der Waals surface area contributed by atoms with E-state index >= 15 is 0 Å². The molecule has 0 saturated heterocycles. The highest BCUT2D eigenvalue weighted by molar-refractivity contribution is 5.92. The molecule has 10 heteroatoms. The van der Waals surface area contributed by atoms with Crippen molar-refractivity contribution in [1.29, 1.82) is 0 Å². The van der Waals surface area contributed by atoms with Crippen LogP contribution in [0, 0.1) is 0 Å². The number of rotatable bonds is 11. The molecule has 186 valence electrons. The van der Waals surface area contributed by atoms with Crippen LogP contribution in [0.1, 0.15) is 86.0 Å². The van der Waals surface area contributed by atoms with E-state index in [1.165, 1.54) is 0 Å². The summed E-state index contributed by atoms with van der Waals surface area (Å²) in [5, 5.41) is 0. The number of hydrogen-bond donors (Lipinski definition) is 3. The lowest BCUT2D eigenvalue weighted by molar-refractivity contribution is 0.0511. The number of nitrogens with one attached hydrogen (secondary N) is 2. The van der Waals surface area contributed by atoms with Crippen molar-refractivity contribution >= 4 is 17.8 Å². The molecule has 0 amide bonds. The second kappa shape index (κ2) is 13.9. The van der Waals surface area contributed by atoms with Gasteiger partial charge in [0.2, 0.25) is 0 Å². The summed E-state index contributed by atoms with van der Waals surface area (Å²) < 4.78 is 11.7. The summed E-state index contributed by atoms with van der Waals surface area (Å²) in [5.41, 5.74) is 6.29. The van der Waals surface area contributed by atoms with Gasteiger partial charge in [-0.1, -0.05) is 26.7 Å². The quantitative estimate of drug-likeness (QED) is 0.355. The molecule has 3 aromatic heterocycles. The predicted octanol–water partition coefficient (Wildman–Crippen LogP) is 4.23. The first-order chi connectivity index (χ1) is 16.4. The number of anilines is 1. The molecule has 3 heterocycles. The molecule has 0 saturated carbocycles. The largest absolute Gasteiger partial charge is 0.461 e. The molecule has 3 rings (SSSR count). The number of carbonyl (C=O) groups is 2. The summed E-state index contributed by atoms with van der Waals surface area (Å²) in [6.07, 6.45) is 9.61. The van der Waals surface area contributed by atoms with E-state index in [1.807, 2.05) is 29.1 Å². The number of nitrogen functional groups attached to an aromatic ring is 1. The lowest BCUT2D eigenvalue weighted by Crippen LogP contribution is -2.09. The Balaban J connectivity index is 0.000000248. The Bertz CT molecular complexity index is 1020. The van der Waals surface area contributed by atoms with Gasteiger partial charge in [0, 0.05) is 25.2 Å². The van der Waals surface area contributed by atoms with Gasteiger partial charge in [-0.2, -0.15) is 0 Å². The van der Waals surface area contributed by atoms with Crippen molar-refractivity contribution in [2.45, 2.75) is 66.2 Å². The predicted molar refractivity (Wildman–Crippen MR) is 130 cm³/mol. The number of nitrogens with two attached hydrogens (primary N) is 1. The first-order valence-electron chi connectivity index (χ1n) is 11.9. The van der Waals surface area contributed by atoms with Crippen molar-refractivity contribution in [1.82, 2.24) is 24.5 Å². The van der Waals surface area contributed by atoms with Crippen molar-refractivity contribution < 1.29 is 19.1 Å². The van der Waals surface area contributed by atoms with E-state index < -0.39 is 5.97 Å². The molecule has 0 bridgehead atoms. The number of H-pyrrole nitrogens is 2. The molecule has 0 aliphatic heterocycles. The SMILES string of the molecule is CCCCc1nc(-n2cccc2)c(C(=O)OCC)[nH]1.CCCCc1nc(N)c(C(=O)OCC)[nH]1. The van der Waals surface area contributed by atoms with Crippen molar-refractivity contribution in [2.24, 2.45) is 0 Å². The number of ether oxygens (including phenoxy) is 2. The van der Waals surface area contributed by atoms with Crippen LogP contribution < -0.4 is 5.73 Å². The van der Waals surface area contributed by atoms with Crippen LogP contribution in [0.15, 0.2) is 24.5 Å². The normalized spacial score (nSPS) is 10.5. The van der Waals surface area contributed by atoms with Gasteiger partial charge in [-0.3, -0.25) is 0 Å². The number of hydrogen-bond acceptors (Lipinski definition) is 7. The number of nitrogens with zero attached hydrogens (tertiary/aromatic N) is 3. The standard InChI is InChI=1S/C14H19N3O2.C10H17N3O2/c1-3-5-8-11-15-12(14(18)19-4-2)13(16-11)17-9-6-7-10-17;1-3-5-6-7-12-8(9(11)13-7)10(14)15-4-2/h6-7,9-10H,3-5,8H2,1-2H3,(H,15,16);3-6,11H2,1-2H3,(H,12,13). The third-order valence-electron chi connectivity index (χ3n) is 4.86. The summed E-state index contributed by atoms with van der Waals surface area (Å²) in [6.45, 7) is 8.46. The maximum Gasteiger partial charge on any atom is 0.358 e. The van der Waals surface area contributed by atoms with Gasteiger partial charge in [-0.25, -0.2) is 19.6 Å². The zero-order chi connectivity index (χ0) is 24.9. The topological polar surface area (TPSA) is 141 Å². The molecule has 0 radical (unpaired) electrons. The van der Waals surface area contributed by atoms with E-state index in [-0.39, 0.29) is 17.5 Å². The van der Waals surface area contributed by atoms with Gasteiger partial charge in [0.25, 0.3) is 0 Å². The summed E-state index contributed by atoms with van der Waals surface area (Å²) >= 11 is 0. The number of carbonyl (C=O) groups excluding carboxylic acids is 2. The minimum absolute atomic E-state index is 0.222. The number of unbranched alkanes of at least 4 members (excludes halogenated alkanes) is 2. The maximum absolute atomic E-state index is 11.9. The van der Waals surface area contributed by atoms with Gasteiger partial charge in [0.1, 0.15) is 11.6 Å². The lowest BCUT2D eigenvalue weighted by Gasteiger charge is -2.02. The zero-order valence-electron chi connectivity index (χ0n) is 20.5. The van der Waals surface area contributed by atoms with Gasteiger partial charge in [0.15, 0.2) is 23.0 Å². The Morgan fingerprint density at radius 1 is 0.853 bits per heavy atom. The fraction of sp³-hybridized carbons (Fsp3) is 0.500. The number of aryl methyl sites for hydroxylation is 2. The van der Waals surface area contributed by atoms with E-state index in [1.54, 1.807) is 13.8 Å². The van der Waals surface area contributed by atoms with E-state index in [0.29, 0.717) is 24.7 Å². The van der Waals surface area contributed by atoms with Gasteiger partial charge < -0.3 is 29.7 Å². The molecule has 34 heavy (non-hydrogen) atoms. The molecule has 10 nitrogen and oxygen atoms in total. The molecule has 0 spiro atoms. The first kappa shape index (κ1) is 26.7. The van der Waals surface area contributed by atoms with Crippen LogP contribution in [0.25, 0.3) is 5.82 Å². The maximum atomic E-state index is 11.9. The lowest BCUT2D eigenvalue weighted by atomic mass is 10.2. The molecule has 0 fully saturated rings. The monoisotopic (exact) mass is 472 g/mol. The van der Waals surface area contributed by atoms with Crippen LogP contribution in [-0.4, -0.2) is 49.7 Å². The highest BCUT2D eigenvalue weighted by Crippen LogP contribution is 2.15. The summed E-state index contributed by atoms with van der Waals surface area (Å²) in [4.78, 5) is 37.9. The van der Waals surface area contributed by atoms with Crippen LogP contribution in [-0.2, 0) is 22.3 Å². The van der Waals surface area contributed by atoms with E-state index in [4.69, 9.17) is 15.2 Å². The molecule has 4 N–H and O–H groups in total. The smallest absolute Gasteiger partial charge is 0.358 e. The summed E-state index contributed by atoms with van der Waals surface area (Å²) in [5.74, 6) is 1.60. The van der Waals surface area contributed by atoms with Crippen LogP contribution in [0.5, 0.6) is 0 Å². The van der Waals surface area contributed by atoms with Gasteiger partial charge in [-0.05, 0) is 38.8 Å². The van der Waals surface area contributed by atoms with E-state index in [0.717, 1.165) is 50.2 Å². The summed E-state index contributed by atoms with van der Waals surface area (Å²) in [6, 6.07) is 3.80. The van der Waals surface area contributed by atoms with Crippen molar-refractivity contribution in [3.8, 4) is 5.82 Å². The van der Waals surface area contributed by atoms with Crippen LogP contribution in [0.3, 0.4) is 0 Å². The van der Waals surface area contributed by atoms with E-state index in [9.17, 15) is 9.59 Å². The van der Waals surface area contributed by atoms with Crippen LogP contribution in [0.2, 0.25) is 0 Å². The average molecular weight is 473 g/mol. The van der Waals surface area contributed by atoms with Crippen molar-refractivity contribution in [3.63, 3.8) is 0 Å². The minimum atomic E-state index is -0.440. The van der Waals surface area contributed by atoms with Gasteiger partial charge >= 0.3 is 11.9 Å². The van der Waals surface area contributed by atoms with Crippen molar-refractivity contribution in [2.75, 3.05) is 18.9 Å². The third-order valence-corrected chi connectivity index (χ3v) is 4.86. The molecule has 3 aromatic rings. The second-order valence-corrected chi connectivity index (χ2v) is 7.56. The van der Waals surface area contributed by atoms with Crippen LogP contribution >= 0.6 is 0 Å². The number of aromatic nitrogens is 5. The molecule has 0 aliphatic carbocycles. The number of esters is 2. The molecular weight excluding hydrogens is 436 g/mol. The third kappa shape index (κ3) is 7.50. The Hall–Kier alpha value is -3.56. The van der Waals surface area contributed by atoms with Crippen LogP contribution in [0.4, 0.5) is 5.82 Å².